The van der Waals surface area contributed by atoms with Crippen LogP contribution in [0.15, 0.2) is 10.5 Å². The molecule has 94 valence electrons. The Morgan fingerprint density at radius 3 is 2.67 bits per heavy atom. The Hall–Kier alpha value is -1.23. The molecule has 0 aliphatic heterocycles. The van der Waals surface area contributed by atoms with Crippen LogP contribution in [0.3, 0.4) is 0 Å². The Balaban J connectivity index is 3.01. The van der Waals surface area contributed by atoms with Gasteiger partial charge in [0.05, 0.1) is 14.8 Å². The minimum Gasteiger partial charge on any atom is -0.501 e. The first kappa shape index (κ1) is 13.2. The van der Waals surface area contributed by atoms with Crippen LogP contribution in [0.2, 0.25) is 0 Å². The number of rotatable bonds is 1. The quantitative estimate of drug-likeness (QED) is 0.315. The average Bonchev–Trinajstić information content (AvgIpc) is 2.28. The van der Waals surface area contributed by atoms with Crippen LogP contribution in [0.4, 0.5) is 10.1 Å². The third-order valence-corrected chi connectivity index (χ3v) is 4.60. The average molecular weight is 429 g/mol. The summed E-state index contributed by atoms with van der Waals surface area (Å²) < 4.78 is 14.4. The monoisotopic (exact) mass is 428 g/mol. The zero-order chi connectivity index (χ0) is 13.6. The number of pyridine rings is 1. The van der Waals surface area contributed by atoms with Crippen LogP contribution in [0.25, 0.3) is 10.9 Å². The summed E-state index contributed by atoms with van der Waals surface area (Å²) in [5, 5.41) is 29.6. The second-order valence-electron chi connectivity index (χ2n) is 3.27. The van der Waals surface area contributed by atoms with E-state index in [-0.39, 0.29) is 15.4 Å². The molecular weight excluding hydrogens is 426 g/mol. The number of nitro groups is 1. The van der Waals surface area contributed by atoms with Crippen LogP contribution in [-0.4, -0.2) is 20.1 Å². The fourth-order valence-corrected chi connectivity index (χ4v) is 2.29. The minimum absolute atomic E-state index is 0.107. The molecule has 0 aliphatic rings. The highest BCUT2D eigenvalue weighted by Crippen LogP contribution is 2.42. The summed E-state index contributed by atoms with van der Waals surface area (Å²) in [6.45, 7) is 0. The number of aromatic nitrogens is 1. The number of aromatic hydroxyl groups is 2. The number of benzene rings is 1. The molecule has 9 heteroatoms. The molecule has 0 bridgehead atoms. The number of halogens is 3. The molecule has 0 saturated heterocycles. The van der Waals surface area contributed by atoms with E-state index in [9.17, 15) is 24.7 Å². The molecule has 0 unspecified atom stereocenters. The maximum atomic E-state index is 13.8. The van der Waals surface area contributed by atoms with E-state index >= 15 is 0 Å². The van der Waals surface area contributed by atoms with Crippen molar-refractivity contribution in [3.8, 4) is 11.6 Å². The predicted octanol–water partition coefficient (Wildman–Crippen LogP) is 3.06. The van der Waals surface area contributed by atoms with Crippen molar-refractivity contribution in [2.45, 2.75) is 0 Å². The zero-order valence-electron chi connectivity index (χ0n) is 8.32. The Kier molecular flexibility index (Phi) is 3.27. The van der Waals surface area contributed by atoms with Crippen LogP contribution in [0.5, 0.6) is 11.6 Å². The highest BCUT2D eigenvalue weighted by Gasteiger charge is 2.27. The summed E-state index contributed by atoms with van der Waals surface area (Å²) in [4.78, 5) is 13.1. The van der Waals surface area contributed by atoms with E-state index in [0.717, 1.165) is 0 Å². The van der Waals surface area contributed by atoms with Gasteiger partial charge >= 0.3 is 5.69 Å². The van der Waals surface area contributed by atoms with Crippen LogP contribution >= 0.6 is 38.5 Å². The van der Waals surface area contributed by atoms with Crippen molar-refractivity contribution in [1.29, 1.82) is 0 Å². The van der Waals surface area contributed by atoms with Gasteiger partial charge in [-0.05, 0) is 44.6 Å². The molecule has 2 aromatic rings. The standard InChI is InChI=1S/C9H3BrFIN2O4/c10-4-3(12)1-2-6(5(4)11)13-9(16)7(8(2)15)14(17)18/h1H,(H2,13,15,16). The fourth-order valence-electron chi connectivity index (χ4n) is 1.44. The summed E-state index contributed by atoms with van der Waals surface area (Å²) >= 11 is 4.77. The second-order valence-corrected chi connectivity index (χ2v) is 5.23. The van der Waals surface area contributed by atoms with Gasteiger partial charge in [-0.15, -0.1) is 0 Å². The molecule has 6 nitrogen and oxygen atoms in total. The summed E-state index contributed by atoms with van der Waals surface area (Å²) in [5.74, 6) is -2.65. The topological polar surface area (TPSA) is 96.5 Å². The molecule has 1 aromatic carbocycles. The summed E-state index contributed by atoms with van der Waals surface area (Å²) in [6.07, 6.45) is 0. The third kappa shape index (κ3) is 1.86. The molecule has 2 N–H and O–H groups in total. The summed E-state index contributed by atoms with van der Waals surface area (Å²) in [5.41, 5.74) is -1.29. The summed E-state index contributed by atoms with van der Waals surface area (Å²) in [6, 6.07) is 1.33. The highest BCUT2D eigenvalue weighted by molar-refractivity contribution is 14.1. The van der Waals surface area contributed by atoms with E-state index < -0.39 is 28.1 Å². The van der Waals surface area contributed by atoms with Crippen LogP contribution in [0, 0.1) is 19.5 Å². The smallest absolute Gasteiger partial charge is 0.372 e. The lowest BCUT2D eigenvalue weighted by molar-refractivity contribution is -0.387. The van der Waals surface area contributed by atoms with Gasteiger partial charge in [0.15, 0.2) is 5.82 Å². The lowest BCUT2D eigenvalue weighted by Gasteiger charge is -2.06. The van der Waals surface area contributed by atoms with Gasteiger partial charge in [0.1, 0.15) is 5.52 Å². The molecule has 1 aromatic heterocycles. The van der Waals surface area contributed by atoms with Crippen LogP contribution < -0.4 is 0 Å². The highest BCUT2D eigenvalue weighted by atomic mass is 127. The van der Waals surface area contributed by atoms with Gasteiger partial charge in [0.2, 0.25) is 5.75 Å². The van der Waals surface area contributed by atoms with Crippen LogP contribution in [0.1, 0.15) is 0 Å². The molecule has 1 heterocycles. The van der Waals surface area contributed by atoms with E-state index in [4.69, 9.17) is 0 Å². The van der Waals surface area contributed by atoms with Gasteiger partial charge in [-0.25, -0.2) is 9.37 Å². The molecule has 0 radical (unpaired) electrons. The predicted molar refractivity (Wildman–Crippen MR) is 72.1 cm³/mol. The maximum Gasteiger partial charge on any atom is 0.372 e. The molecule has 0 saturated carbocycles. The first-order chi connectivity index (χ1) is 8.34. The lowest BCUT2D eigenvalue weighted by Crippen LogP contribution is -1.96. The van der Waals surface area contributed by atoms with E-state index in [2.05, 4.69) is 20.9 Å². The molecule has 2 rings (SSSR count). The number of nitrogens with zero attached hydrogens (tertiary/aromatic N) is 2. The third-order valence-electron chi connectivity index (χ3n) is 2.23. The van der Waals surface area contributed by atoms with Crippen molar-refractivity contribution in [2.24, 2.45) is 0 Å². The first-order valence-corrected chi connectivity index (χ1v) is 6.25. The van der Waals surface area contributed by atoms with E-state index in [0.29, 0.717) is 3.57 Å². The van der Waals surface area contributed by atoms with Gasteiger partial charge in [-0.3, -0.25) is 10.1 Å². The van der Waals surface area contributed by atoms with Gasteiger partial charge in [0, 0.05) is 3.57 Å². The molecular formula is C9H3BrFIN2O4. The number of fused-ring (bicyclic) bond motifs is 1. The van der Waals surface area contributed by atoms with Crippen molar-refractivity contribution in [2.75, 3.05) is 0 Å². The first-order valence-electron chi connectivity index (χ1n) is 4.38. The molecule has 18 heavy (non-hydrogen) atoms. The molecule has 0 spiro atoms. The molecule has 0 aliphatic carbocycles. The Morgan fingerprint density at radius 2 is 2.11 bits per heavy atom. The Bertz CT molecular complexity index is 694. The van der Waals surface area contributed by atoms with Crippen molar-refractivity contribution >= 4 is 55.1 Å². The Morgan fingerprint density at radius 1 is 1.50 bits per heavy atom. The van der Waals surface area contributed by atoms with Gasteiger partial charge < -0.3 is 10.2 Å². The van der Waals surface area contributed by atoms with Crippen molar-refractivity contribution < 1.29 is 19.5 Å². The number of hydrogen-bond donors (Lipinski definition) is 2. The van der Waals surface area contributed by atoms with Crippen molar-refractivity contribution in [1.82, 2.24) is 4.98 Å². The van der Waals surface area contributed by atoms with E-state index in [1.165, 1.54) is 6.07 Å². The molecule has 0 atom stereocenters. The lowest BCUT2D eigenvalue weighted by atomic mass is 10.2. The SMILES string of the molecule is O=[N+]([O-])c1c(O)nc2c(F)c(Br)c(I)cc2c1O. The van der Waals surface area contributed by atoms with Crippen molar-refractivity contribution in [3.05, 3.63) is 30.0 Å². The molecule has 0 fully saturated rings. The van der Waals surface area contributed by atoms with E-state index in [1.54, 1.807) is 22.6 Å². The minimum atomic E-state index is -1.03. The second kappa shape index (κ2) is 4.46. The van der Waals surface area contributed by atoms with Crippen LogP contribution in [-0.2, 0) is 0 Å². The van der Waals surface area contributed by atoms with Gasteiger partial charge in [-0.2, -0.15) is 0 Å². The number of hydrogen-bond acceptors (Lipinski definition) is 5. The van der Waals surface area contributed by atoms with E-state index in [1.807, 2.05) is 0 Å². The largest absolute Gasteiger partial charge is 0.501 e. The maximum absolute atomic E-state index is 13.8. The molecule has 0 amide bonds. The fraction of sp³-hybridized carbons (Fsp3) is 0. The zero-order valence-corrected chi connectivity index (χ0v) is 12.1. The normalized spacial score (nSPS) is 10.8. The summed E-state index contributed by atoms with van der Waals surface area (Å²) in [7, 11) is 0. The van der Waals surface area contributed by atoms with Gasteiger partial charge in [-0.1, -0.05) is 0 Å². The Labute approximate surface area is 121 Å². The van der Waals surface area contributed by atoms with Crippen molar-refractivity contribution in [3.63, 3.8) is 0 Å². The van der Waals surface area contributed by atoms with Gasteiger partial charge in [0.25, 0.3) is 5.88 Å².